The first-order valence-corrected chi connectivity index (χ1v) is 18.1. The average Bonchev–Trinajstić information content (AvgIpc) is 3.74. The molecule has 4 aliphatic rings. The summed E-state index contributed by atoms with van der Waals surface area (Å²) < 4.78 is 10.4. The lowest BCUT2D eigenvalue weighted by atomic mass is 9.70. The number of carbonyl (C=O) groups excluding carboxylic acids is 3. The van der Waals surface area contributed by atoms with Crippen LogP contribution in [0.3, 0.4) is 0 Å². The summed E-state index contributed by atoms with van der Waals surface area (Å²) in [6.45, 7) is 18.9. The Balaban J connectivity index is 1.50. The average molecular weight is 669 g/mol. The van der Waals surface area contributed by atoms with Gasteiger partial charge in [0.15, 0.2) is 0 Å². The molecular weight excluding hydrogens is 616 g/mol. The Morgan fingerprint density at radius 2 is 1.85 bits per heavy atom. The number of hydrogen-bond acceptors (Lipinski definition) is 8. The number of aliphatic hydroxyl groups is 1. The van der Waals surface area contributed by atoms with Gasteiger partial charge in [0.25, 0.3) is 0 Å². The molecule has 1 N–H and O–H groups in total. The van der Waals surface area contributed by atoms with Gasteiger partial charge in [-0.05, 0) is 49.9 Å². The summed E-state index contributed by atoms with van der Waals surface area (Å²) in [5, 5.41) is 10.7. The first-order valence-electron chi connectivity index (χ1n) is 17.2. The van der Waals surface area contributed by atoms with Crippen molar-refractivity contribution in [3.05, 3.63) is 49.6 Å². The van der Waals surface area contributed by atoms with Crippen molar-refractivity contribution in [2.24, 2.45) is 17.8 Å². The van der Waals surface area contributed by atoms with Crippen LogP contribution in [0.25, 0.3) is 0 Å². The predicted octanol–water partition coefficient (Wildman–Crippen LogP) is 3.45. The van der Waals surface area contributed by atoms with Gasteiger partial charge in [0.05, 0.1) is 49.1 Å². The fourth-order valence-electron chi connectivity index (χ4n) is 8.05. The van der Waals surface area contributed by atoms with Gasteiger partial charge in [0.1, 0.15) is 11.8 Å². The summed E-state index contributed by atoms with van der Waals surface area (Å²) >= 11 is 1.66. The van der Waals surface area contributed by atoms with Gasteiger partial charge in [0, 0.05) is 50.2 Å². The molecule has 0 aliphatic carbocycles. The highest BCUT2D eigenvalue weighted by molar-refractivity contribution is 8.02. The molecule has 4 aliphatic heterocycles. The van der Waals surface area contributed by atoms with Gasteiger partial charge in [0.2, 0.25) is 17.7 Å². The van der Waals surface area contributed by atoms with Crippen LogP contribution in [0.2, 0.25) is 0 Å². The minimum Gasteiger partial charge on any atom is -0.494 e. The van der Waals surface area contributed by atoms with E-state index in [1.807, 2.05) is 49.9 Å². The second-order valence-electron chi connectivity index (χ2n) is 13.1. The van der Waals surface area contributed by atoms with Crippen molar-refractivity contribution < 1.29 is 29.0 Å². The van der Waals surface area contributed by atoms with Crippen molar-refractivity contribution in [3.8, 4) is 5.75 Å². The number of rotatable bonds is 16. The summed E-state index contributed by atoms with van der Waals surface area (Å²) in [6, 6.07) is 6.12. The standard InChI is InChI=1S/C36H52N4O6S/c1-6-16-38(19-18-37-20-22-45-23-21-37)35(44)32-36-15-14-29(47-36)30(31(36)34(43)40(32)28(24-41)25(5)8-3)33(42)39(17-7-2)26-10-12-27(13-11-26)46-9-4/h6-7,10-13,25,28-32,41H,1-2,8-9,14-24H2,3-5H3/t25-,28-,29+,30-,31-,32?,36?/m0/s1. The summed E-state index contributed by atoms with van der Waals surface area (Å²) in [7, 11) is 0. The molecule has 4 heterocycles. The number of carbonyl (C=O) groups is 3. The zero-order valence-electron chi connectivity index (χ0n) is 28.2. The fourth-order valence-corrected chi connectivity index (χ4v) is 10.2. The predicted molar refractivity (Wildman–Crippen MR) is 185 cm³/mol. The van der Waals surface area contributed by atoms with Crippen LogP contribution in [0.1, 0.15) is 40.0 Å². The Morgan fingerprint density at radius 1 is 1.15 bits per heavy atom. The molecule has 258 valence electrons. The molecule has 1 spiro atoms. The van der Waals surface area contributed by atoms with E-state index in [1.54, 1.807) is 33.7 Å². The van der Waals surface area contributed by atoms with Crippen molar-refractivity contribution in [1.29, 1.82) is 0 Å². The van der Waals surface area contributed by atoms with Crippen molar-refractivity contribution >= 4 is 35.2 Å². The third-order valence-electron chi connectivity index (χ3n) is 10.6. The zero-order chi connectivity index (χ0) is 33.7. The van der Waals surface area contributed by atoms with Gasteiger partial charge >= 0.3 is 0 Å². The number of likely N-dealkylation sites (tertiary alicyclic amines) is 1. The Kier molecular flexibility index (Phi) is 11.7. The van der Waals surface area contributed by atoms with Gasteiger partial charge in [-0.25, -0.2) is 0 Å². The third kappa shape index (κ3) is 6.73. The highest BCUT2D eigenvalue weighted by Gasteiger charge is 2.74. The Morgan fingerprint density at radius 3 is 2.47 bits per heavy atom. The molecule has 1 aromatic rings. The van der Waals surface area contributed by atoms with Crippen molar-refractivity contribution in [2.75, 3.05) is 70.6 Å². The summed E-state index contributed by atoms with van der Waals surface area (Å²) in [5.74, 6) is -1.00. The van der Waals surface area contributed by atoms with E-state index in [0.717, 1.165) is 31.7 Å². The number of morpholine rings is 1. The van der Waals surface area contributed by atoms with E-state index in [1.165, 1.54) is 0 Å². The van der Waals surface area contributed by atoms with E-state index in [2.05, 4.69) is 18.1 Å². The van der Waals surface area contributed by atoms with Gasteiger partial charge in [-0.2, -0.15) is 0 Å². The SMILES string of the molecule is C=CCN(CCN1CCOCC1)C(=O)C1N([C@@H](CO)[C@@H](C)CC)C(=O)[C@@H]2[C@@H](C(=O)N(CC=C)c3ccc(OCC)cc3)[C@H]3CCC12S3. The molecule has 1 aromatic carbocycles. The maximum atomic E-state index is 14.9. The minimum atomic E-state index is -0.776. The van der Waals surface area contributed by atoms with Crippen LogP contribution >= 0.6 is 11.8 Å². The normalized spacial score (nSPS) is 28.1. The molecule has 3 amide bonds. The van der Waals surface area contributed by atoms with Gasteiger partial charge in [-0.3, -0.25) is 19.3 Å². The number of ether oxygens (including phenoxy) is 2. The van der Waals surface area contributed by atoms with Gasteiger partial charge in [-0.1, -0.05) is 32.4 Å². The van der Waals surface area contributed by atoms with Crippen LogP contribution in [0.5, 0.6) is 5.75 Å². The van der Waals surface area contributed by atoms with Crippen molar-refractivity contribution in [3.63, 3.8) is 0 Å². The topological polar surface area (TPSA) is 103 Å². The number of amides is 3. The third-order valence-corrected chi connectivity index (χ3v) is 12.5. The lowest BCUT2D eigenvalue weighted by molar-refractivity contribution is -0.147. The van der Waals surface area contributed by atoms with Crippen molar-refractivity contribution in [2.45, 2.75) is 62.1 Å². The molecule has 4 fully saturated rings. The highest BCUT2D eigenvalue weighted by Crippen LogP contribution is 2.67. The number of thioether (sulfide) groups is 1. The summed E-state index contributed by atoms with van der Waals surface area (Å²) in [4.78, 5) is 51.9. The van der Waals surface area contributed by atoms with E-state index < -0.39 is 28.7 Å². The summed E-state index contributed by atoms with van der Waals surface area (Å²) in [6.07, 6.45) is 5.59. The first kappa shape index (κ1) is 35.4. The van der Waals surface area contributed by atoms with Crippen LogP contribution in [0, 0.1) is 17.8 Å². The number of aliphatic hydroxyl groups excluding tert-OH is 1. The van der Waals surface area contributed by atoms with Gasteiger partial charge < -0.3 is 29.3 Å². The Bertz CT molecular complexity index is 1290. The molecule has 4 saturated heterocycles. The first-order chi connectivity index (χ1) is 22.8. The number of anilines is 1. The Labute approximate surface area is 284 Å². The summed E-state index contributed by atoms with van der Waals surface area (Å²) in [5.41, 5.74) is 0.711. The molecule has 11 heteroatoms. The smallest absolute Gasteiger partial charge is 0.247 e. The molecule has 2 bridgehead atoms. The van der Waals surface area contributed by atoms with Crippen molar-refractivity contribution in [1.82, 2.24) is 14.7 Å². The molecule has 0 radical (unpaired) electrons. The number of hydrogen-bond donors (Lipinski definition) is 1. The zero-order valence-corrected chi connectivity index (χ0v) is 29.0. The molecule has 0 saturated carbocycles. The van der Waals surface area contributed by atoms with E-state index in [0.29, 0.717) is 58.1 Å². The maximum absolute atomic E-state index is 14.9. The van der Waals surface area contributed by atoms with Crippen LogP contribution in [-0.2, 0) is 19.1 Å². The fraction of sp³-hybridized carbons (Fsp3) is 0.639. The second-order valence-corrected chi connectivity index (χ2v) is 14.7. The maximum Gasteiger partial charge on any atom is 0.247 e. The van der Waals surface area contributed by atoms with Crippen LogP contribution in [-0.4, -0.2) is 125 Å². The van der Waals surface area contributed by atoms with Gasteiger partial charge in [-0.15, -0.1) is 24.9 Å². The van der Waals surface area contributed by atoms with Crippen LogP contribution in [0.15, 0.2) is 49.6 Å². The molecular formula is C36H52N4O6S. The number of nitrogens with zero attached hydrogens (tertiary/aromatic N) is 4. The molecule has 2 unspecified atom stereocenters. The molecule has 0 aromatic heterocycles. The molecule has 10 nitrogen and oxygen atoms in total. The number of benzene rings is 1. The van der Waals surface area contributed by atoms with E-state index >= 15 is 0 Å². The monoisotopic (exact) mass is 668 g/mol. The van der Waals surface area contributed by atoms with Crippen LogP contribution < -0.4 is 9.64 Å². The van der Waals surface area contributed by atoms with E-state index in [4.69, 9.17) is 9.47 Å². The van der Waals surface area contributed by atoms with Crippen LogP contribution in [0.4, 0.5) is 5.69 Å². The van der Waals surface area contributed by atoms with E-state index in [9.17, 15) is 19.5 Å². The lowest BCUT2D eigenvalue weighted by Crippen LogP contribution is -2.59. The quantitative estimate of drug-likeness (QED) is 0.268. The molecule has 7 atom stereocenters. The second kappa shape index (κ2) is 15.6. The molecule has 47 heavy (non-hydrogen) atoms. The molecule has 5 rings (SSSR count). The lowest BCUT2D eigenvalue weighted by Gasteiger charge is -2.41. The minimum absolute atomic E-state index is 0.0341. The number of fused-ring (bicyclic) bond motifs is 1. The largest absolute Gasteiger partial charge is 0.494 e. The van der Waals surface area contributed by atoms with E-state index in [-0.39, 0.29) is 35.5 Å². The Hall–Kier alpha value is -2.86. The highest BCUT2D eigenvalue weighted by atomic mass is 32.2.